The van der Waals surface area contributed by atoms with E-state index >= 15 is 0 Å². The standard InChI is InChI=1S/C12H13BrFNO2/c1-2-5-15(6-7-16)12(17)10-4-3-9(13)8-11(10)14/h2-4,8,16H,1,5-7H2. The van der Waals surface area contributed by atoms with Gasteiger partial charge in [-0.15, -0.1) is 6.58 Å². The van der Waals surface area contributed by atoms with Crippen molar-refractivity contribution >= 4 is 21.8 Å². The fourth-order valence-corrected chi connectivity index (χ4v) is 1.72. The number of carbonyl (C=O) groups is 1. The van der Waals surface area contributed by atoms with E-state index in [0.717, 1.165) is 0 Å². The highest BCUT2D eigenvalue weighted by molar-refractivity contribution is 9.10. The fraction of sp³-hybridized carbons (Fsp3) is 0.250. The molecule has 92 valence electrons. The second-order valence-corrected chi connectivity index (χ2v) is 4.30. The van der Waals surface area contributed by atoms with Crippen LogP contribution in [0, 0.1) is 5.82 Å². The predicted molar refractivity (Wildman–Crippen MR) is 67.3 cm³/mol. The first-order valence-corrected chi connectivity index (χ1v) is 5.85. The number of aliphatic hydroxyl groups excluding tert-OH is 1. The first-order chi connectivity index (χ1) is 8.10. The highest BCUT2D eigenvalue weighted by Crippen LogP contribution is 2.16. The van der Waals surface area contributed by atoms with Gasteiger partial charge >= 0.3 is 0 Å². The van der Waals surface area contributed by atoms with Crippen LogP contribution in [0.2, 0.25) is 0 Å². The average Bonchev–Trinajstić information content (AvgIpc) is 2.28. The summed E-state index contributed by atoms with van der Waals surface area (Å²) in [5.74, 6) is -1.04. The number of amides is 1. The van der Waals surface area contributed by atoms with E-state index in [1.807, 2.05) is 0 Å². The van der Waals surface area contributed by atoms with Gasteiger partial charge < -0.3 is 10.0 Å². The van der Waals surface area contributed by atoms with E-state index in [-0.39, 0.29) is 25.3 Å². The van der Waals surface area contributed by atoms with Crippen molar-refractivity contribution in [1.29, 1.82) is 0 Å². The smallest absolute Gasteiger partial charge is 0.257 e. The number of halogens is 2. The molecule has 1 amide bonds. The van der Waals surface area contributed by atoms with Gasteiger partial charge in [0.1, 0.15) is 5.82 Å². The minimum absolute atomic E-state index is 0.0106. The van der Waals surface area contributed by atoms with Crippen molar-refractivity contribution in [2.75, 3.05) is 19.7 Å². The van der Waals surface area contributed by atoms with Gasteiger partial charge in [-0.3, -0.25) is 4.79 Å². The number of carbonyl (C=O) groups excluding carboxylic acids is 1. The molecule has 0 bridgehead atoms. The highest BCUT2D eigenvalue weighted by Gasteiger charge is 2.17. The zero-order valence-electron chi connectivity index (χ0n) is 9.20. The van der Waals surface area contributed by atoms with Crippen LogP contribution >= 0.6 is 15.9 Å². The molecule has 0 unspecified atom stereocenters. The van der Waals surface area contributed by atoms with Gasteiger partial charge in [-0.2, -0.15) is 0 Å². The first-order valence-electron chi connectivity index (χ1n) is 5.06. The maximum absolute atomic E-state index is 13.6. The molecule has 0 spiro atoms. The lowest BCUT2D eigenvalue weighted by atomic mass is 10.2. The fourth-order valence-electron chi connectivity index (χ4n) is 1.39. The van der Waals surface area contributed by atoms with Crippen LogP contribution in [0.1, 0.15) is 10.4 Å². The molecule has 0 aliphatic rings. The molecule has 0 saturated heterocycles. The summed E-state index contributed by atoms with van der Waals surface area (Å²) >= 11 is 3.12. The van der Waals surface area contributed by atoms with Gasteiger partial charge in [0, 0.05) is 17.6 Å². The monoisotopic (exact) mass is 301 g/mol. The van der Waals surface area contributed by atoms with Crippen molar-refractivity contribution in [2.24, 2.45) is 0 Å². The molecule has 0 heterocycles. The largest absolute Gasteiger partial charge is 0.395 e. The van der Waals surface area contributed by atoms with E-state index in [1.54, 1.807) is 6.07 Å². The SMILES string of the molecule is C=CCN(CCO)C(=O)c1ccc(Br)cc1F. The normalized spacial score (nSPS) is 10.1. The number of benzene rings is 1. The van der Waals surface area contributed by atoms with Crippen LogP contribution in [0.3, 0.4) is 0 Å². The van der Waals surface area contributed by atoms with Crippen molar-refractivity contribution in [2.45, 2.75) is 0 Å². The number of rotatable bonds is 5. The van der Waals surface area contributed by atoms with Crippen LogP contribution in [0.25, 0.3) is 0 Å². The minimum atomic E-state index is -0.587. The van der Waals surface area contributed by atoms with E-state index in [4.69, 9.17) is 5.11 Å². The second kappa shape index (κ2) is 6.51. The summed E-state index contributed by atoms with van der Waals surface area (Å²) < 4.78 is 14.1. The van der Waals surface area contributed by atoms with Crippen LogP contribution in [-0.2, 0) is 0 Å². The zero-order chi connectivity index (χ0) is 12.8. The van der Waals surface area contributed by atoms with Crippen molar-refractivity contribution in [3.8, 4) is 0 Å². The van der Waals surface area contributed by atoms with Crippen molar-refractivity contribution < 1.29 is 14.3 Å². The molecule has 1 aromatic rings. The summed E-state index contributed by atoms with van der Waals surface area (Å²) in [7, 11) is 0. The second-order valence-electron chi connectivity index (χ2n) is 3.39. The van der Waals surface area contributed by atoms with E-state index in [0.29, 0.717) is 4.47 Å². The third kappa shape index (κ3) is 3.64. The molecule has 17 heavy (non-hydrogen) atoms. The van der Waals surface area contributed by atoms with Gasteiger partial charge in [0.2, 0.25) is 0 Å². The number of hydrogen-bond donors (Lipinski definition) is 1. The molecule has 0 aliphatic heterocycles. The van der Waals surface area contributed by atoms with Crippen molar-refractivity contribution in [3.63, 3.8) is 0 Å². The van der Waals surface area contributed by atoms with Gasteiger partial charge in [0.05, 0.1) is 12.2 Å². The van der Waals surface area contributed by atoms with Crippen LogP contribution in [0.15, 0.2) is 35.3 Å². The molecule has 0 fully saturated rings. The third-order valence-corrected chi connectivity index (χ3v) is 2.66. The Morgan fingerprint density at radius 2 is 2.29 bits per heavy atom. The maximum atomic E-state index is 13.6. The summed E-state index contributed by atoms with van der Waals surface area (Å²) in [6, 6.07) is 4.24. The molecule has 0 atom stereocenters. The molecule has 0 saturated carbocycles. The van der Waals surface area contributed by atoms with Crippen LogP contribution in [0.4, 0.5) is 4.39 Å². The van der Waals surface area contributed by atoms with Gasteiger partial charge in [0.25, 0.3) is 5.91 Å². The van der Waals surface area contributed by atoms with Crippen LogP contribution < -0.4 is 0 Å². The highest BCUT2D eigenvalue weighted by atomic mass is 79.9. The molecule has 3 nitrogen and oxygen atoms in total. The van der Waals surface area contributed by atoms with Crippen LogP contribution in [-0.4, -0.2) is 35.6 Å². The molecule has 0 aromatic heterocycles. The van der Waals surface area contributed by atoms with Gasteiger partial charge in [-0.25, -0.2) is 4.39 Å². The molecular weight excluding hydrogens is 289 g/mol. The average molecular weight is 302 g/mol. The van der Waals surface area contributed by atoms with Crippen LogP contribution in [0.5, 0.6) is 0 Å². The lowest BCUT2D eigenvalue weighted by Gasteiger charge is -2.20. The summed E-state index contributed by atoms with van der Waals surface area (Å²) in [5, 5.41) is 8.84. The van der Waals surface area contributed by atoms with Gasteiger partial charge in [0.15, 0.2) is 0 Å². The third-order valence-electron chi connectivity index (χ3n) is 2.17. The number of aliphatic hydroxyl groups is 1. The first kappa shape index (κ1) is 13.9. The van der Waals surface area contributed by atoms with E-state index in [2.05, 4.69) is 22.5 Å². The molecule has 0 radical (unpaired) electrons. The van der Waals surface area contributed by atoms with E-state index < -0.39 is 11.7 Å². The molecule has 1 rings (SSSR count). The lowest BCUT2D eigenvalue weighted by molar-refractivity contribution is 0.0738. The topological polar surface area (TPSA) is 40.5 Å². The Bertz CT molecular complexity index is 423. The predicted octanol–water partition coefficient (Wildman–Crippen LogP) is 2.21. The Hall–Kier alpha value is -1.20. The minimum Gasteiger partial charge on any atom is -0.395 e. The maximum Gasteiger partial charge on any atom is 0.257 e. The Morgan fingerprint density at radius 3 is 2.82 bits per heavy atom. The van der Waals surface area contributed by atoms with Gasteiger partial charge in [-0.1, -0.05) is 22.0 Å². The summed E-state index contributed by atoms with van der Waals surface area (Å²) in [6.45, 7) is 3.78. The van der Waals surface area contributed by atoms with E-state index in [1.165, 1.54) is 23.1 Å². The Balaban J connectivity index is 2.96. The molecular formula is C12H13BrFNO2. The summed E-state index contributed by atoms with van der Waals surface area (Å²) in [5.41, 5.74) is -0.0106. The van der Waals surface area contributed by atoms with Crippen molar-refractivity contribution in [3.05, 3.63) is 46.7 Å². The molecule has 0 aliphatic carbocycles. The summed E-state index contributed by atoms with van der Waals surface area (Å²) in [4.78, 5) is 13.3. The van der Waals surface area contributed by atoms with Crippen molar-refractivity contribution in [1.82, 2.24) is 4.90 Å². The Morgan fingerprint density at radius 1 is 1.59 bits per heavy atom. The lowest BCUT2D eigenvalue weighted by Crippen LogP contribution is -2.34. The number of hydrogen-bond acceptors (Lipinski definition) is 2. The molecule has 1 N–H and O–H groups in total. The number of nitrogens with zero attached hydrogens (tertiary/aromatic N) is 1. The molecule has 5 heteroatoms. The van der Waals surface area contributed by atoms with E-state index in [9.17, 15) is 9.18 Å². The quantitative estimate of drug-likeness (QED) is 0.847. The Kier molecular flexibility index (Phi) is 5.31. The summed E-state index contributed by atoms with van der Waals surface area (Å²) in [6.07, 6.45) is 1.53. The van der Waals surface area contributed by atoms with Gasteiger partial charge in [-0.05, 0) is 18.2 Å². The Labute approximate surface area is 108 Å². The molecule has 1 aromatic carbocycles. The zero-order valence-corrected chi connectivity index (χ0v) is 10.8.